The average molecular weight is 266 g/mol. The van der Waals surface area contributed by atoms with E-state index < -0.39 is 0 Å². The average Bonchev–Trinajstić information content (AvgIpc) is 2.93. The van der Waals surface area contributed by atoms with Gasteiger partial charge in [0.25, 0.3) is 0 Å². The summed E-state index contributed by atoms with van der Waals surface area (Å²) in [4.78, 5) is 4.52. The molecule has 2 aromatic heterocycles. The molecule has 0 bridgehead atoms. The summed E-state index contributed by atoms with van der Waals surface area (Å²) < 4.78 is 1.91. The van der Waals surface area contributed by atoms with E-state index in [4.69, 9.17) is 0 Å². The Bertz CT molecular complexity index is 730. The molecule has 0 spiro atoms. The van der Waals surface area contributed by atoms with Crippen LogP contribution in [0, 0.1) is 6.92 Å². The van der Waals surface area contributed by atoms with Gasteiger partial charge in [-0.3, -0.25) is 9.67 Å². The lowest BCUT2D eigenvalue weighted by atomic mass is 10.1. The molecule has 2 heterocycles. The summed E-state index contributed by atoms with van der Waals surface area (Å²) in [5, 5.41) is 8.82. The van der Waals surface area contributed by atoms with Crippen molar-refractivity contribution in [3.8, 4) is 0 Å². The van der Waals surface area contributed by atoms with Gasteiger partial charge in [0.15, 0.2) is 0 Å². The molecule has 0 saturated heterocycles. The van der Waals surface area contributed by atoms with Crippen molar-refractivity contribution in [2.24, 2.45) is 0 Å². The molecule has 0 saturated carbocycles. The number of nitrogens with zero attached hydrogens (tertiary/aromatic N) is 3. The van der Waals surface area contributed by atoms with Crippen LogP contribution in [0.1, 0.15) is 18.2 Å². The highest BCUT2D eigenvalue weighted by Gasteiger charge is 2.00. The zero-order valence-electron chi connectivity index (χ0n) is 11.8. The Labute approximate surface area is 118 Å². The van der Waals surface area contributed by atoms with Gasteiger partial charge in [-0.05, 0) is 37.6 Å². The van der Waals surface area contributed by atoms with Crippen molar-refractivity contribution in [3.63, 3.8) is 0 Å². The third kappa shape index (κ3) is 2.64. The van der Waals surface area contributed by atoms with Crippen LogP contribution in [-0.2, 0) is 13.1 Å². The van der Waals surface area contributed by atoms with Gasteiger partial charge in [0.1, 0.15) is 0 Å². The zero-order valence-corrected chi connectivity index (χ0v) is 11.8. The summed E-state index contributed by atoms with van der Waals surface area (Å²) in [5.74, 6) is 0. The molecule has 0 fully saturated rings. The van der Waals surface area contributed by atoms with Crippen LogP contribution in [-0.4, -0.2) is 14.8 Å². The summed E-state index contributed by atoms with van der Waals surface area (Å²) in [6.07, 6.45) is 3.88. The summed E-state index contributed by atoms with van der Waals surface area (Å²) >= 11 is 0. The Morgan fingerprint density at radius 1 is 1.20 bits per heavy atom. The molecule has 4 heteroatoms. The zero-order chi connectivity index (χ0) is 13.9. The van der Waals surface area contributed by atoms with E-state index in [2.05, 4.69) is 46.6 Å². The maximum absolute atomic E-state index is 4.52. The maximum Gasteiger partial charge on any atom is 0.0729 e. The number of aryl methyl sites for hydroxylation is 2. The lowest BCUT2D eigenvalue weighted by Crippen LogP contribution is -1.99. The number of anilines is 1. The second-order valence-electron chi connectivity index (χ2n) is 4.92. The molecular weight excluding hydrogens is 248 g/mol. The number of pyridine rings is 1. The molecule has 4 nitrogen and oxygen atoms in total. The second-order valence-corrected chi connectivity index (χ2v) is 4.92. The fourth-order valence-electron chi connectivity index (χ4n) is 2.22. The van der Waals surface area contributed by atoms with Gasteiger partial charge in [0.05, 0.1) is 17.4 Å². The Kier molecular flexibility index (Phi) is 3.37. The minimum absolute atomic E-state index is 0.791. The van der Waals surface area contributed by atoms with E-state index in [9.17, 15) is 0 Å². The van der Waals surface area contributed by atoms with Gasteiger partial charge >= 0.3 is 0 Å². The van der Waals surface area contributed by atoms with Crippen molar-refractivity contribution in [1.82, 2.24) is 14.8 Å². The largest absolute Gasteiger partial charge is 0.378 e. The van der Waals surface area contributed by atoms with E-state index in [0.29, 0.717) is 0 Å². The van der Waals surface area contributed by atoms with Crippen molar-refractivity contribution in [2.45, 2.75) is 26.9 Å². The van der Waals surface area contributed by atoms with Gasteiger partial charge in [0, 0.05) is 30.4 Å². The van der Waals surface area contributed by atoms with Crippen LogP contribution in [0.4, 0.5) is 5.69 Å². The molecule has 1 aromatic carbocycles. The van der Waals surface area contributed by atoms with Crippen LogP contribution >= 0.6 is 0 Å². The van der Waals surface area contributed by atoms with Gasteiger partial charge in [-0.25, -0.2) is 0 Å². The van der Waals surface area contributed by atoms with Crippen molar-refractivity contribution in [3.05, 3.63) is 54.0 Å². The highest BCUT2D eigenvalue weighted by atomic mass is 15.3. The lowest BCUT2D eigenvalue weighted by Gasteiger charge is -2.05. The molecule has 0 aliphatic heterocycles. The van der Waals surface area contributed by atoms with Crippen LogP contribution in [0.5, 0.6) is 0 Å². The highest BCUT2D eigenvalue weighted by Crippen LogP contribution is 2.16. The first-order valence-electron chi connectivity index (χ1n) is 6.87. The molecule has 0 radical (unpaired) electrons. The van der Waals surface area contributed by atoms with Gasteiger partial charge in [-0.1, -0.05) is 12.1 Å². The summed E-state index contributed by atoms with van der Waals surface area (Å²) in [6, 6.07) is 10.5. The quantitative estimate of drug-likeness (QED) is 0.787. The highest BCUT2D eigenvalue weighted by molar-refractivity contribution is 5.79. The standard InChI is InChI=1S/C16H18N4/c1-3-20-11-15(10-18-20)17-9-13-5-7-16-14(8-13)6-4-12(2)19-16/h4-8,10-11,17H,3,9H2,1-2H3. The van der Waals surface area contributed by atoms with E-state index in [1.807, 2.05) is 30.1 Å². The molecule has 3 rings (SSSR count). The number of hydrogen-bond acceptors (Lipinski definition) is 3. The molecule has 0 atom stereocenters. The van der Waals surface area contributed by atoms with E-state index in [1.165, 1.54) is 10.9 Å². The third-order valence-corrected chi connectivity index (χ3v) is 3.35. The molecular formula is C16H18N4. The Hall–Kier alpha value is -2.36. The van der Waals surface area contributed by atoms with E-state index in [0.717, 1.165) is 30.0 Å². The van der Waals surface area contributed by atoms with Crippen LogP contribution in [0.2, 0.25) is 0 Å². The second kappa shape index (κ2) is 5.33. The Morgan fingerprint density at radius 2 is 2.10 bits per heavy atom. The van der Waals surface area contributed by atoms with Crippen molar-refractivity contribution in [2.75, 3.05) is 5.32 Å². The lowest BCUT2D eigenvalue weighted by molar-refractivity contribution is 0.660. The molecule has 0 unspecified atom stereocenters. The van der Waals surface area contributed by atoms with E-state index in [1.54, 1.807) is 0 Å². The summed E-state index contributed by atoms with van der Waals surface area (Å²) in [7, 11) is 0. The topological polar surface area (TPSA) is 42.7 Å². The first kappa shape index (κ1) is 12.7. The maximum atomic E-state index is 4.52. The summed E-state index contributed by atoms with van der Waals surface area (Å²) in [5.41, 5.74) is 4.39. The van der Waals surface area contributed by atoms with Crippen LogP contribution in [0.25, 0.3) is 10.9 Å². The molecule has 1 N–H and O–H groups in total. The molecule has 20 heavy (non-hydrogen) atoms. The number of aromatic nitrogens is 3. The van der Waals surface area contributed by atoms with Gasteiger partial charge in [0.2, 0.25) is 0 Å². The smallest absolute Gasteiger partial charge is 0.0729 e. The fourth-order valence-corrected chi connectivity index (χ4v) is 2.22. The summed E-state index contributed by atoms with van der Waals surface area (Å²) in [6.45, 7) is 5.78. The number of benzene rings is 1. The first-order chi connectivity index (χ1) is 9.74. The fraction of sp³-hybridized carbons (Fsp3) is 0.250. The number of hydrogen-bond donors (Lipinski definition) is 1. The predicted octanol–water partition coefficient (Wildman–Crippen LogP) is 3.37. The molecule has 0 amide bonds. The number of nitrogens with one attached hydrogen (secondary N) is 1. The third-order valence-electron chi connectivity index (χ3n) is 3.35. The van der Waals surface area contributed by atoms with Crippen LogP contribution in [0.3, 0.4) is 0 Å². The first-order valence-corrected chi connectivity index (χ1v) is 6.87. The molecule has 0 aliphatic rings. The molecule has 3 aromatic rings. The number of rotatable bonds is 4. The van der Waals surface area contributed by atoms with Gasteiger partial charge in [-0.2, -0.15) is 5.10 Å². The minimum Gasteiger partial charge on any atom is -0.378 e. The van der Waals surface area contributed by atoms with E-state index >= 15 is 0 Å². The Morgan fingerprint density at radius 3 is 2.90 bits per heavy atom. The van der Waals surface area contributed by atoms with Gasteiger partial charge < -0.3 is 5.32 Å². The number of fused-ring (bicyclic) bond motifs is 1. The molecule has 102 valence electrons. The monoisotopic (exact) mass is 266 g/mol. The normalized spacial score (nSPS) is 10.9. The SMILES string of the molecule is CCn1cc(NCc2ccc3nc(C)ccc3c2)cn1. The Balaban J connectivity index is 1.75. The van der Waals surface area contributed by atoms with Gasteiger partial charge in [-0.15, -0.1) is 0 Å². The van der Waals surface area contributed by atoms with E-state index in [-0.39, 0.29) is 0 Å². The van der Waals surface area contributed by atoms with Crippen LogP contribution < -0.4 is 5.32 Å². The predicted molar refractivity (Wildman–Crippen MR) is 81.7 cm³/mol. The van der Waals surface area contributed by atoms with Crippen molar-refractivity contribution in [1.29, 1.82) is 0 Å². The van der Waals surface area contributed by atoms with Crippen molar-refractivity contribution < 1.29 is 0 Å². The molecule has 0 aliphatic carbocycles. The van der Waals surface area contributed by atoms with Crippen molar-refractivity contribution >= 4 is 16.6 Å². The minimum atomic E-state index is 0.791. The van der Waals surface area contributed by atoms with Crippen LogP contribution in [0.15, 0.2) is 42.7 Å².